The monoisotopic (exact) mass is 491 g/mol. The predicted octanol–water partition coefficient (Wildman–Crippen LogP) is 5.36. The highest BCUT2D eigenvalue weighted by molar-refractivity contribution is 9.10. The predicted molar refractivity (Wildman–Crippen MR) is 124 cm³/mol. The number of hydrogen-bond acceptors (Lipinski definition) is 5. The molecule has 1 amide bonds. The molecular weight excluding hydrogens is 470 g/mol. The molecule has 1 saturated carbocycles. The fourth-order valence-electron chi connectivity index (χ4n) is 3.67. The third-order valence-corrected chi connectivity index (χ3v) is 6.08. The molecule has 0 spiro atoms. The van der Waals surface area contributed by atoms with Crippen molar-refractivity contribution in [3.63, 3.8) is 0 Å². The van der Waals surface area contributed by atoms with Crippen LogP contribution in [0.5, 0.6) is 0 Å². The second-order valence-electron chi connectivity index (χ2n) is 8.06. The minimum atomic E-state index is -0.129. The zero-order valence-electron chi connectivity index (χ0n) is 17.7. The van der Waals surface area contributed by atoms with Crippen molar-refractivity contribution in [1.82, 2.24) is 25.3 Å². The fourth-order valence-corrected chi connectivity index (χ4v) is 3.93. The van der Waals surface area contributed by atoms with Crippen molar-refractivity contribution in [2.24, 2.45) is 0 Å². The highest BCUT2D eigenvalue weighted by Crippen LogP contribution is 2.42. The van der Waals surface area contributed by atoms with Crippen LogP contribution in [0.3, 0.4) is 0 Å². The highest BCUT2D eigenvalue weighted by atomic mass is 79.9. The standard InChI is InChI=1S/C24H22BrN5O2/c1-14(16-8-10-19(25)11-9-16)26-23(31)18-4-3-5-20(12-18)30-22(17-6-7-17)13-21(29-30)24-28-27-15(2)32-24/h3-5,8-14,17H,6-7H2,1-2H3,(H,26,31). The number of aromatic nitrogens is 4. The Morgan fingerprint density at radius 3 is 2.62 bits per heavy atom. The molecule has 162 valence electrons. The molecule has 1 atom stereocenters. The maximum atomic E-state index is 13.0. The van der Waals surface area contributed by atoms with E-state index in [1.165, 1.54) is 0 Å². The molecule has 2 heterocycles. The maximum absolute atomic E-state index is 13.0. The van der Waals surface area contributed by atoms with Crippen LogP contribution >= 0.6 is 15.9 Å². The smallest absolute Gasteiger partial charge is 0.268 e. The number of benzene rings is 2. The highest BCUT2D eigenvalue weighted by Gasteiger charge is 2.30. The summed E-state index contributed by atoms with van der Waals surface area (Å²) in [7, 11) is 0. The van der Waals surface area contributed by atoms with Gasteiger partial charge in [-0.2, -0.15) is 5.10 Å². The zero-order valence-corrected chi connectivity index (χ0v) is 19.3. The van der Waals surface area contributed by atoms with Crippen LogP contribution in [0.25, 0.3) is 17.3 Å². The summed E-state index contributed by atoms with van der Waals surface area (Å²) in [6.45, 7) is 3.73. The molecule has 2 aromatic carbocycles. The number of halogens is 1. The van der Waals surface area contributed by atoms with E-state index in [-0.39, 0.29) is 11.9 Å². The van der Waals surface area contributed by atoms with Gasteiger partial charge >= 0.3 is 0 Å². The van der Waals surface area contributed by atoms with Crippen LogP contribution in [0.15, 0.2) is 63.5 Å². The minimum Gasteiger partial charge on any atom is -0.420 e. The van der Waals surface area contributed by atoms with Gasteiger partial charge in [-0.25, -0.2) is 4.68 Å². The SMILES string of the molecule is Cc1nnc(-c2cc(C3CC3)n(-c3cccc(C(=O)NC(C)c4ccc(Br)cc4)c3)n2)o1. The van der Waals surface area contributed by atoms with Gasteiger partial charge in [-0.1, -0.05) is 34.1 Å². The van der Waals surface area contributed by atoms with Crippen LogP contribution in [-0.2, 0) is 0 Å². The van der Waals surface area contributed by atoms with Gasteiger partial charge in [-0.05, 0) is 61.7 Å². The summed E-state index contributed by atoms with van der Waals surface area (Å²) in [5.74, 6) is 1.23. The lowest BCUT2D eigenvalue weighted by Crippen LogP contribution is -2.26. The van der Waals surface area contributed by atoms with Crippen molar-refractivity contribution in [3.05, 3.63) is 81.8 Å². The van der Waals surface area contributed by atoms with E-state index < -0.39 is 0 Å². The molecule has 1 fully saturated rings. The van der Waals surface area contributed by atoms with Gasteiger partial charge in [0.05, 0.1) is 11.7 Å². The molecule has 0 saturated heterocycles. The van der Waals surface area contributed by atoms with Crippen LogP contribution in [0.4, 0.5) is 0 Å². The summed E-state index contributed by atoms with van der Waals surface area (Å²) >= 11 is 3.44. The molecule has 1 aliphatic carbocycles. The van der Waals surface area contributed by atoms with Crippen LogP contribution in [0.2, 0.25) is 0 Å². The molecule has 4 aromatic rings. The first-order valence-corrected chi connectivity index (χ1v) is 11.3. The van der Waals surface area contributed by atoms with E-state index in [0.717, 1.165) is 34.3 Å². The van der Waals surface area contributed by atoms with Gasteiger partial charge in [0.2, 0.25) is 5.89 Å². The number of carbonyl (C=O) groups is 1. The van der Waals surface area contributed by atoms with E-state index in [4.69, 9.17) is 9.52 Å². The Morgan fingerprint density at radius 2 is 1.94 bits per heavy atom. The van der Waals surface area contributed by atoms with Crippen molar-refractivity contribution >= 4 is 21.8 Å². The lowest BCUT2D eigenvalue weighted by Gasteiger charge is -2.15. The molecule has 1 N–H and O–H groups in total. The molecule has 5 rings (SSSR count). The van der Waals surface area contributed by atoms with E-state index in [1.807, 2.05) is 66.2 Å². The summed E-state index contributed by atoms with van der Waals surface area (Å²) in [6, 6.07) is 17.3. The van der Waals surface area contributed by atoms with Crippen LogP contribution in [-0.4, -0.2) is 25.9 Å². The zero-order chi connectivity index (χ0) is 22.2. The quantitative estimate of drug-likeness (QED) is 0.392. The molecule has 2 aromatic heterocycles. The lowest BCUT2D eigenvalue weighted by molar-refractivity contribution is 0.0940. The maximum Gasteiger partial charge on any atom is 0.268 e. The summed E-state index contributed by atoms with van der Waals surface area (Å²) in [5.41, 5.74) is 4.19. The van der Waals surface area contributed by atoms with E-state index >= 15 is 0 Å². The van der Waals surface area contributed by atoms with Gasteiger partial charge < -0.3 is 9.73 Å². The number of nitrogens with one attached hydrogen (secondary N) is 1. The Labute approximate surface area is 194 Å². The van der Waals surface area contributed by atoms with Gasteiger partial charge in [-0.3, -0.25) is 4.79 Å². The molecule has 7 nitrogen and oxygen atoms in total. The fraction of sp³-hybridized carbons (Fsp3) is 0.250. The molecule has 32 heavy (non-hydrogen) atoms. The second kappa shape index (κ2) is 8.35. The van der Waals surface area contributed by atoms with Gasteiger partial charge in [0.25, 0.3) is 11.8 Å². The van der Waals surface area contributed by atoms with E-state index in [1.54, 1.807) is 6.92 Å². The van der Waals surface area contributed by atoms with Crippen molar-refractivity contribution in [2.75, 3.05) is 0 Å². The van der Waals surface area contributed by atoms with Crippen LogP contribution < -0.4 is 5.32 Å². The number of rotatable bonds is 6. The van der Waals surface area contributed by atoms with E-state index in [0.29, 0.717) is 29.0 Å². The van der Waals surface area contributed by atoms with Crippen molar-refractivity contribution in [3.8, 4) is 17.3 Å². The van der Waals surface area contributed by atoms with Crippen LogP contribution in [0, 0.1) is 6.92 Å². The van der Waals surface area contributed by atoms with E-state index in [2.05, 4.69) is 31.4 Å². The first-order chi connectivity index (χ1) is 15.5. The molecular formula is C24H22BrN5O2. The van der Waals surface area contributed by atoms with Gasteiger partial charge in [0.1, 0.15) is 5.69 Å². The number of hydrogen-bond donors (Lipinski definition) is 1. The molecule has 0 aliphatic heterocycles. The normalized spacial score (nSPS) is 14.3. The van der Waals surface area contributed by atoms with E-state index in [9.17, 15) is 4.79 Å². The number of aryl methyl sites for hydroxylation is 1. The second-order valence-corrected chi connectivity index (χ2v) is 8.98. The molecule has 1 aliphatic rings. The summed E-state index contributed by atoms with van der Waals surface area (Å²) in [6.07, 6.45) is 2.25. The third kappa shape index (κ3) is 4.23. The average molecular weight is 492 g/mol. The van der Waals surface area contributed by atoms with Gasteiger partial charge in [-0.15, -0.1) is 10.2 Å². The number of nitrogens with zero attached hydrogens (tertiary/aromatic N) is 4. The van der Waals surface area contributed by atoms with Crippen molar-refractivity contribution in [1.29, 1.82) is 0 Å². The van der Waals surface area contributed by atoms with Gasteiger partial charge in [0, 0.05) is 28.6 Å². The largest absolute Gasteiger partial charge is 0.420 e. The Hall–Kier alpha value is -3.26. The molecule has 8 heteroatoms. The van der Waals surface area contributed by atoms with Crippen LogP contribution in [0.1, 0.15) is 59.2 Å². The number of carbonyl (C=O) groups excluding carboxylic acids is 1. The summed E-state index contributed by atoms with van der Waals surface area (Å²) < 4.78 is 8.46. The lowest BCUT2D eigenvalue weighted by atomic mass is 10.1. The number of amides is 1. The molecule has 1 unspecified atom stereocenters. The Morgan fingerprint density at radius 1 is 1.16 bits per heavy atom. The Balaban J connectivity index is 1.42. The average Bonchev–Trinajstić information content (AvgIpc) is 3.39. The third-order valence-electron chi connectivity index (χ3n) is 5.55. The van der Waals surface area contributed by atoms with Crippen molar-refractivity contribution in [2.45, 2.75) is 38.6 Å². The molecule has 0 bridgehead atoms. The summed E-state index contributed by atoms with van der Waals surface area (Å²) in [4.78, 5) is 13.0. The summed E-state index contributed by atoms with van der Waals surface area (Å²) in [5, 5.41) is 15.8. The first-order valence-electron chi connectivity index (χ1n) is 10.5. The first kappa shape index (κ1) is 20.6. The minimum absolute atomic E-state index is 0.113. The Bertz CT molecular complexity index is 1270. The Kier molecular flexibility index (Phi) is 5.38. The van der Waals surface area contributed by atoms with Gasteiger partial charge in [0.15, 0.2) is 0 Å². The van der Waals surface area contributed by atoms with Crippen molar-refractivity contribution < 1.29 is 9.21 Å². The molecule has 0 radical (unpaired) electrons. The topological polar surface area (TPSA) is 85.8 Å².